The molecule has 1 aromatic carbocycles. The molecule has 0 heterocycles. The number of aliphatic hydroxyl groups is 1. The maximum absolute atomic E-state index is 12.5. The van der Waals surface area contributed by atoms with Crippen LogP contribution < -0.4 is 10.1 Å². The molecule has 25 heavy (non-hydrogen) atoms. The maximum Gasteiger partial charge on any atom is 0.418 e. The third kappa shape index (κ3) is 6.94. The van der Waals surface area contributed by atoms with Gasteiger partial charge in [-0.2, -0.15) is 13.2 Å². The second-order valence-corrected chi connectivity index (χ2v) is 7.27. The number of halogens is 3. The Balaban J connectivity index is 2.30. The molecule has 7 heteroatoms. The highest BCUT2D eigenvalue weighted by Crippen LogP contribution is 2.29. The van der Waals surface area contributed by atoms with E-state index in [0.29, 0.717) is 19.1 Å². The van der Waals surface area contributed by atoms with Crippen molar-refractivity contribution in [1.82, 2.24) is 5.32 Å². The minimum absolute atomic E-state index is 0.0218. The summed E-state index contributed by atoms with van der Waals surface area (Å²) in [7, 11) is 0. The number of carbonyl (C=O) groups is 1. The summed E-state index contributed by atoms with van der Waals surface area (Å²) in [5, 5.41) is 11.3. The van der Waals surface area contributed by atoms with Crippen molar-refractivity contribution in [1.29, 1.82) is 0 Å². The molecule has 0 unspecified atom stereocenters. The molecule has 1 aromatic rings. The van der Waals surface area contributed by atoms with Gasteiger partial charge in [0.1, 0.15) is 5.75 Å². The van der Waals surface area contributed by atoms with Gasteiger partial charge in [0.05, 0.1) is 13.2 Å². The molecule has 0 saturated heterocycles. The smallest absolute Gasteiger partial charge is 0.418 e. The van der Waals surface area contributed by atoms with Crippen molar-refractivity contribution in [2.45, 2.75) is 57.7 Å². The van der Waals surface area contributed by atoms with Crippen LogP contribution in [0.15, 0.2) is 24.3 Å². The van der Waals surface area contributed by atoms with Crippen LogP contribution >= 0.6 is 0 Å². The average Bonchev–Trinajstić information content (AvgIpc) is 2.48. The van der Waals surface area contributed by atoms with Crippen molar-refractivity contribution in [2.24, 2.45) is 0 Å². The minimum Gasteiger partial charge on any atom is -0.494 e. The number of rotatable bonds is 7. The number of alkyl halides is 3. The Hall–Kier alpha value is -1.76. The van der Waals surface area contributed by atoms with Gasteiger partial charge in [-0.3, -0.25) is 4.79 Å². The number of hydrogen-bond acceptors (Lipinski definition) is 3. The number of hydrogen-bond donors (Lipinski definition) is 2. The molecule has 4 nitrogen and oxygen atoms in total. The fourth-order valence-corrected chi connectivity index (χ4v) is 1.93. The Bertz CT molecular complexity index is 560. The van der Waals surface area contributed by atoms with Crippen LogP contribution in [0.25, 0.3) is 0 Å². The highest BCUT2D eigenvalue weighted by Gasteiger charge is 2.49. The third-order valence-electron chi connectivity index (χ3n) is 3.78. The Morgan fingerprint density at radius 3 is 2.16 bits per heavy atom. The summed E-state index contributed by atoms with van der Waals surface area (Å²) >= 11 is 0. The molecule has 0 aromatic heterocycles. The van der Waals surface area contributed by atoms with Gasteiger partial charge in [0.15, 0.2) is 5.60 Å². The maximum atomic E-state index is 12.5. The van der Waals surface area contributed by atoms with Gasteiger partial charge in [-0.25, -0.2) is 0 Å². The average molecular weight is 361 g/mol. The van der Waals surface area contributed by atoms with Gasteiger partial charge in [-0.1, -0.05) is 32.9 Å². The molecule has 0 spiro atoms. The lowest BCUT2D eigenvalue weighted by Crippen LogP contribution is -2.51. The standard InChI is InChI=1S/C18H26F3NO3/c1-16(2,3)13-7-9-14(10-8-13)25-11-5-6-15(23)22-12-17(4,24)18(19,20)21/h7-10,24H,5-6,11-12H2,1-4H3,(H,22,23)/t17-/m1/s1. The minimum atomic E-state index is -4.79. The van der Waals surface area contributed by atoms with E-state index in [1.807, 2.05) is 24.3 Å². The van der Waals surface area contributed by atoms with Crippen molar-refractivity contribution in [3.63, 3.8) is 0 Å². The van der Waals surface area contributed by atoms with E-state index in [-0.39, 0.29) is 18.4 Å². The molecular weight excluding hydrogens is 335 g/mol. The van der Waals surface area contributed by atoms with Crippen molar-refractivity contribution in [3.8, 4) is 5.75 Å². The van der Waals surface area contributed by atoms with Gasteiger partial charge >= 0.3 is 6.18 Å². The Labute approximate surface area is 146 Å². The van der Waals surface area contributed by atoms with Crippen LogP contribution in [0.4, 0.5) is 13.2 Å². The highest BCUT2D eigenvalue weighted by molar-refractivity contribution is 5.75. The zero-order chi connectivity index (χ0) is 19.3. The van der Waals surface area contributed by atoms with E-state index in [0.717, 1.165) is 0 Å². The van der Waals surface area contributed by atoms with E-state index in [1.54, 1.807) is 0 Å². The van der Waals surface area contributed by atoms with Crippen molar-refractivity contribution < 1.29 is 27.8 Å². The van der Waals surface area contributed by atoms with Gasteiger partial charge in [-0.15, -0.1) is 0 Å². The van der Waals surface area contributed by atoms with Crippen LogP contribution in [0.3, 0.4) is 0 Å². The molecule has 0 bridgehead atoms. The summed E-state index contributed by atoms with van der Waals surface area (Å²) in [6.07, 6.45) is -4.41. The fraction of sp³-hybridized carbons (Fsp3) is 0.611. The van der Waals surface area contributed by atoms with Crippen LogP contribution in [0.5, 0.6) is 5.75 Å². The molecule has 0 radical (unpaired) electrons. The summed E-state index contributed by atoms with van der Waals surface area (Å²) < 4.78 is 42.9. The van der Waals surface area contributed by atoms with Crippen LogP contribution in [-0.2, 0) is 10.2 Å². The van der Waals surface area contributed by atoms with Crippen LogP contribution in [0.2, 0.25) is 0 Å². The lowest BCUT2D eigenvalue weighted by molar-refractivity contribution is -0.250. The molecular formula is C18H26F3NO3. The number of amides is 1. The first-order valence-electron chi connectivity index (χ1n) is 8.12. The summed E-state index contributed by atoms with van der Waals surface area (Å²) in [5.74, 6) is 0.115. The number of nitrogens with one attached hydrogen (secondary N) is 1. The first kappa shape index (κ1) is 21.3. The molecule has 2 N–H and O–H groups in total. The van der Waals surface area contributed by atoms with E-state index in [4.69, 9.17) is 4.74 Å². The molecule has 0 aliphatic rings. The molecule has 1 rings (SSSR count). The predicted octanol–water partition coefficient (Wildman–Crippen LogP) is 3.57. The lowest BCUT2D eigenvalue weighted by atomic mass is 9.87. The Kier molecular flexibility index (Phi) is 6.88. The monoisotopic (exact) mass is 361 g/mol. The highest BCUT2D eigenvalue weighted by atomic mass is 19.4. The normalized spacial score (nSPS) is 14.7. The largest absolute Gasteiger partial charge is 0.494 e. The van der Waals surface area contributed by atoms with E-state index in [2.05, 4.69) is 26.1 Å². The Morgan fingerprint density at radius 2 is 1.68 bits per heavy atom. The topological polar surface area (TPSA) is 58.6 Å². The van der Waals surface area contributed by atoms with Gasteiger partial charge < -0.3 is 15.2 Å². The molecule has 0 saturated carbocycles. The molecule has 1 atom stereocenters. The summed E-state index contributed by atoms with van der Waals surface area (Å²) in [6, 6.07) is 7.64. The number of carbonyl (C=O) groups excluding carboxylic acids is 1. The summed E-state index contributed by atoms with van der Waals surface area (Å²) in [5.41, 5.74) is -1.71. The molecule has 1 amide bonds. The van der Waals surface area contributed by atoms with Gasteiger partial charge in [0.2, 0.25) is 5.91 Å². The molecule has 0 aliphatic carbocycles. The van der Waals surface area contributed by atoms with Gasteiger partial charge in [0, 0.05) is 6.42 Å². The van der Waals surface area contributed by atoms with Gasteiger partial charge in [-0.05, 0) is 36.5 Å². The SMILES string of the molecule is CC(C)(C)c1ccc(OCCCC(=O)NC[C@@](C)(O)C(F)(F)F)cc1. The van der Waals surface area contributed by atoms with Crippen molar-refractivity contribution in [2.75, 3.05) is 13.2 Å². The first-order chi connectivity index (χ1) is 11.3. The molecule has 0 aliphatic heterocycles. The van der Waals surface area contributed by atoms with Crippen LogP contribution in [-0.4, -0.2) is 35.9 Å². The van der Waals surface area contributed by atoms with E-state index >= 15 is 0 Å². The fourth-order valence-electron chi connectivity index (χ4n) is 1.93. The third-order valence-corrected chi connectivity index (χ3v) is 3.78. The molecule has 0 fully saturated rings. The van der Waals surface area contributed by atoms with E-state index in [1.165, 1.54) is 5.56 Å². The van der Waals surface area contributed by atoms with E-state index < -0.39 is 24.2 Å². The second-order valence-electron chi connectivity index (χ2n) is 7.27. The summed E-state index contributed by atoms with van der Waals surface area (Å²) in [4.78, 5) is 11.5. The summed E-state index contributed by atoms with van der Waals surface area (Å²) in [6.45, 7) is 6.35. The van der Waals surface area contributed by atoms with Gasteiger partial charge in [0.25, 0.3) is 0 Å². The second kappa shape index (κ2) is 8.08. The number of benzene rings is 1. The number of ether oxygens (including phenoxy) is 1. The molecule has 142 valence electrons. The zero-order valence-electron chi connectivity index (χ0n) is 15.0. The Morgan fingerprint density at radius 1 is 1.12 bits per heavy atom. The lowest BCUT2D eigenvalue weighted by Gasteiger charge is -2.26. The van der Waals surface area contributed by atoms with E-state index in [9.17, 15) is 23.1 Å². The van der Waals surface area contributed by atoms with Crippen molar-refractivity contribution >= 4 is 5.91 Å². The van der Waals surface area contributed by atoms with Crippen LogP contribution in [0, 0.1) is 0 Å². The quantitative estimate of drug-likeness (QED) is 0.730. The van der Waals surface area contributed by atoms with Crippen molar-refractivity contribution in [3.05, 3.63) is 29.8 Å². The first-order valence-corrected chi connectivity index (χ1v) is 8.12. The van der Waals surface area contributed by atoms with Crippen LogP contribution in [0.1, 0.15) is 46.1 Å². The predicted molar refractivity (Wildman–Crippen MR) is 89.6 cm³/mol. The zero-order valence-corrected chi connectivity index (χ0v) is 15.0.